The number of hydrogen-bond donors (Lipinski definition) is 0. The number of hydrogen-bond acceptors (Lipinski definition) is 4. The lowest BCUT2D eigenvalue weighted by Crippen LogP contribution is -2.21. The Morgan fingerprint density at radius 3 is 2.68 bits per heavy atom. The molecule has 4 nitrogen and oxygen atoms in total. The van der Waals surface area contributed by atoms with E-state index in [0.717, 1.165) is 12.1 Å². The molecule has 0 N–H and O–H groups in total. The lowest BCUT2D eigenvalue weighted by Gasteiger charge is -2.16. The predicted molar refractivity (Wildman–Crippen MR) is 94.1 cm³/mol. The van der Waals surface area contributed by atoms with Crippen LogP contribution < -0.4 is 4.74 Å². The fourth-order valence-corrected chi connectivity index (χ4v) is 4.42. The second-order valence-corrected chi connectivity index (χ2v) is 7.87. The van der Waals surface area contributed by atoms with Crippen LogP contribution in [-0.2, 0) is 29.9 Å². The Labute approximate surface area is 160 Å². The standard InChI is InChI=1S/C19H15F4NO3S/c1-26-17-9-13(28(25)12-4-2-3-11(7-12)19(20,21)22)8-14-15-10-24(23)6-5-16(15)27-18(14)17/h2-4,7-9H,5-6,10H2,1H3. The first-order valence-electron chi connectivity index (χ1n) is 8.40. The fraction of sp³-hybridized carbons (Fsp3) is 0.263. The van der Waals surface area contributed by atoms with E-state index in [1.165, 1.54) is 25.3 Å². The van der Waals surface area contributed by atoms with Crippen molar-refractivity contribution < 1.29 is 31.0 Å². The molecule has 0 fully saturated rings. The molecule has 0 radical (unpaired) electrons. The van der Waals surface area contributed by atoms with Crippen LogP contribution in [0.1, 0.15) is 16.9 Å². The minimum absolute atomic E-state index is 0.0145. The van der Waals surface area contributed by atoms with Crippen LogP contribution in [0.3, 0.4) is 0 Å². The minimum atomic E-state index is -4.53. The van der Waals surface area contributed by atoms with Gasteiger partial charge in [0.25, 0.3) is 0 Å². The molecule has 0 amide bonds. The van der Waals surface area contributed by atoms with Crippen LogP contribution in [0.4, 0.5) is 17.7 Å². The van der Waals surface area contributed by atoms with Crippen molar-refractivity contribution in [3.8, 4) is 5.75 Å². The number of furan rings is 1. The first kappa shape index (κ1) is 18.9. The van der Waals surface area contributed by atoms with Crippen molar-refractivity contribution in [1.82, 2.24) is 5.12 Å². The van der Waals surface area contributed by atoms with E-state index in [1.807, 2.05) is 0 Å². The zero-order chi connectivity index (χ0) is 20.1. The van der Waals surface area contributed by atoms with Gasteiger partial charge in [0.2, 0.25) is 0 Å². The van der Waals surface area contributed by atoms with Gasteiger partial charge in [0.15, 0.2) is 11.3 Å². The summed E-state index contributed by atoms with van der Waals surface area (Å²) in [6, 6.07) is 7.41. The highest BCUT2D eigenvalue weighted by molar-refractivity contribution is 7.85. The maximum atomic E-state index is 13.7. The Bertz CT molecular complexity index is 1080. The number of benzene rings is 2. The SMILES string of the molecule is COc1cc(S(=O)c2cccc(C(F)(F)F)c2)cc2c3c(oc12)CCN(F)C3. The van der Waals surface area contributed by atoms with E-state index >= 15 is 0 Å². The molecule has 1 atom stereocenters. The largest absolute Gasteiger partial charge is 0.493 e. The van der Waals surface area contributed by atoms with Gasteiger partial charge in [-0.1, -0.05) is 6.07 Å². The normalized spacial score (nSPS) is 16.2. The van der Waals surface area contributed by atoms with E-state index in [1.54, 1.807) is 6.07 Å². The molecule has 28 heavy (non-hydrogen) atoms. The molecule has 4 rings (SSSR count). The number of rotatable bonds is 3. The molecule has 0 saturated heterocycles. The van der Waals surface area contributed by atoms with E-state index in [4.69, 9.17) is 9.15 Å². The third-order valence-electron chi connectivity index (χ3n) is 4.64. The molecule has 2 aromatic carbocycles. The predicted octanol–water partition coefficient (Wildman–Crippen LogP) is 4.87. The van der Waals surface area contributed by atoms with Gasteiger partial charge in [-0.15, -0.1) is 9.60 Å². The number of fused-ring (bicyclic) bond motifs is 3. The monoisotopic (exact) mass is 413 g/mol. The fourth-order valence-electron chi connectivity index (χ4n) is 3.27. The van der Waals surface area contributed by atoms with Gasteiger partial charge in [-0.05, 0) is 24.3 Å². The molecule has 9 heteroatoms. The molecule has 0 bridgehead atoms. The zero-order valence-corrected chi connectivity index (χ0v) is 15.5. The van der Waals surface area contributed by atoms with Crippen molar-refractivity contribution in [3.05, 3.63) is 53.3 Å². The number of methoxy groups -OCH3 is 1. The Morgan fingerprint density at radius 1 is 1.18 bits per heavy atom. The van der Waals surface area contributed by atoms with Gasteiger partial charge in [0, 0.05) is 39.8 Å². The van der Waals surface area contributed by atoms with Gasteiger partial charge in [0.1, 0.15) is 5.76 Å². The highest BCUT2D eigenvalue weighted by atomic mass is 32.2. The van der Waals surface area contributed by atoms with Gasteiger partial charge in [-0.3, -0.25) is 0 Å². The third-order valence-corrected chi connectivity index (χ3v) is 5.98. The molecule has 0 spiro atoms. The average Bonchev–Trinajstić information content (AvgIpc) is 3.04. The Balaban J connectivity index is 1.83. The molecular weight excluding hydrogens is 398 g/mol. The maximum absolute atomic E-state index is 13.7. The maximum Gasteiger partial charge on any atom is 0.416 e. The minimum Gasteiger partial charge on any atom is -0.493 e. The topological polar surface area (TPSA) is 42.7 Å². The van der Waals surface area contributed by atoms with Gasteiger partial charge < -0.3 is 9.15 Å². The van der Waals surface area contributed by atoms with Gasteiger partial charge in [-0.2, -0.15) is 13.2 Å². The van der Waals surface area contributed by atoms with Crippen molar-refractivity contribution in [2.24, 2.45) is 0 Å². The van der Waals surface area contributed by atoms with Crippen LogP contribution >= 0.6 is 0 Å². The van der Waals surface area contributed by atoms with Crippen molar-refractivity contribution in [3.63, 3.8) is 0 Å². The molecule has 3 aromatic rings. The van der Waals surface area contributed by atoms with Crippen molar-refractivity contribution in [1.29, 1.82) is 0 Å². The average molecular weight is 413 g/mol. The van der Waals surface area contributed by atoms with Crippen LogP contribution in [0, 0.1) is 0 Å². The molecule has 1 aromatic heterocycles. The van der Waals surface area contributed by atoms with Crippen LogP contribution in [0.25, 0.3) is 11.0 Å². The number of alkyl halides is 3. The van der Waals surface area contributed by atoms with E-state index < -0.39 is 22.5 Å². The summed E-state index contributed by atoms with van der Waals surface area (Å²) in [6.45, 7) is 0.225. The summed E-state index contributed by atoms with van der Waals surface area (Å²) in [5, 5.41) is 1.20. The number of ether oxygens (including phenoxy) is 1. The van der Waals surface area contributed by atoms with Gasteiger partial charge in [0.05, 0.1) is 30.0 Å². The van der Waals surface area contributed by atoms with Crippen molar-refractivity contribution >= 4 is 21.8 Å². The van der Waals surface area contributed by atoms with Crippen molar-refractivity contribution in [2.45, 2.75) is 28.9 Å². The van der Waals surface area contributed by atoms with E-state index in [0.29, 0.717) is 39.6 Å². The highest BCUT2D eigenvalue weighted by Gasteiger charge is 2.31. The Kier molecular flexibility index (Phi) is 4.67. The summed E-state index contributed by atoms with van der Waals surface area (Å²) in [6.07, 6.45) is -4.15. The van der Waals surface area contributed by atoms with E-state index in [2.05, 4.69) is 0 Å². The number of halogens is 4. The summed E-state index contributed by atoms with van der Waals surface area (Å²) >= 11 is 0. The zero-order valence-electron chi connectivity index (χ0n) is 14.7. The summed E-state index contributed by atoms with van der Waals surface area (Å²) in [5.74, 6) is 0.928. The highest BCUT2D eigenvalue weighted by Crippen LogP contribution is 2.39. The Morgan fingerprint density at radius 2 is 1.96 bits per heavy atom. The summed E-state index contributed by atoms with van der Waals surface area (Å²) < 4.78 is 76.7. The van der Waals surface area contributed by atoms with Crippen LogP contribution in [0.5, 0.6) is 5.75 Å². The molecule has 148 valence electrons. The Hall–Kier alpha value is -2.39. The summed E-state index contributed by atoms with van der Waals surface area (Å²) in [7, 11) is -0.471. The van der Waals surface area contributed by atoms with Gasteiger partial charge >= 0.3 is 6.18 Å². The van der Waals surface area contributed by atoms with Crippen LogP contribution in [-0.4, -0.2) is 23.0 Å². The summed E-state index contributed by atoms with van der Waals surface area (Å²) in [5.41, 5.74) is 0.165. The first-order valence-corrected chi connectivity index (χ1v) is 9.55. The molecular formula is C19H15F4NO3S. The second-order valence-electron chi connectivity index (χ2n) is 6.39. The molecule has 1 aliphatic rings. The smallest absolute Gasteiger partial charge is 0.416 e. The molecule has 0 aliphatic carbocycles. The lowest BCUT2D eigenvalue weighted by atomic mass is 10.1. The van der Waals surface area contributed by atoms with E-state index in [9.17, 15) is 21.9 Å². The molecule has 0 saturated carbocycles. The van der Waals surface area contributed by atoms with Crippen LogP contribution in [0.2, 0.25) is 0 Å². The first-order chi connectivity index (χ1) is 13.3. The van der Waals surface area contributed by atoms with Crippen molar-refractivity contribution in [2.75, 3.05) is 13.7 Å². The lowest BCUT2D eigenvalue weighted by molar-refractivity contribution is -0.137. The molecule has 1 aliphatic heterocycles. The van der Waals surface area contributed by atoms with Gasteiger partial charge in [-0.25, -0.2) is 4.21 Å². The third kappa shape index (κ3) is 3.29. The number of nitrogens with zero attached hydrogens (tertiary/aromatic N) is 1. The van der Waals surface area contributed by atoms with E-state index in [-0.39, 0.29) is 22.9 Å². The molecule has 1 unspecified atom stereocenters. The molecule has 2 heterocycles. The second kappa shape index (κ2) is 6.89. The summed E-state index contributed by atoms with van der Waals surface area (Å²) in [4.78, 5) is 0.268. The quantitative estimate of drug-likeness (QED) is 0.454. The van der Waals surface area contributed by atoms with Crippen LogP contribution in [0.15, 0.2) is 50.6 Å².